The minimum atomic E-state index is -0.528. The Kier molecular flexibility index (Phi) is 6.64. The third-order valence-electron chi connectivity index (χ3n) is 4.06. The SMILES string of the molecule is CCOc1cc(C=C2C(=O)NC(=S)NC2=O)cc(Br)c1Cc1ccccc1Br. The summed E-state index contributed by atoms with van der Waals surface area (Å²) in [4.78, 5) is 24.2. The van der Waals surface area contributed by atoms with Crippen molar-refractivity contribution in [1.29, 1.82) is 0 Å². The number of ether oxygens (including phenoxy) is 1. The molecule has 0 aromatic heterocycles. The summed E-state index contributed by atoms with van der Waals surface area (Å²) in [7, 11) is 0. The van der Waals surface area contributed by atoms with Gasteiger partial charge in [0.2, 0.25) is 0 Å². The normalized spacial score (nSPS) is 13.8. The molecule has 144 valence electrons. The first-order valence-electron chi connectivity index (χ1n) is 8.46. The average Bonchev–Trinajstić information content (AvgIpc) is 2.63. The Bertz CT molecular complexity index is 983. The molecule has 1 saturated heterocycles. The topological polar surface area (TPSA) is 67.4 Å². The van der Waals surface area contributed by atoms with Crippen molar-refractivity contribution >= 4 is 67.1 Å². The lowest BCUT2D eigenvalue weighted by atomic mass is 10.0. The van der Waals surface area contributed by atoms with Crippen LogP contribution in [-0.2, 0) is 16.0 Å². The molecule has 0 atom stereocenters. The summed E-state index contributed by atoms with van der Waals surface area (Å²) in [6.07, 6.45) is 2.17. The number of hydrogen-bond acceptors (Lipinski definition) is 4. The molecule has 0 bridgehead atoms. The van der Waals surface area contributed by atoms with Crippen LogP contribution in [0.15, 0.2) is 50.9 Å². The summed E-state index contributed by atoms with van der Waals surface area (Å²) in [6.45, 7) is 2.40. The fourth-order valence-electron chi connectivity index (χ4n) is 2.78. The van der Waals surface area contributed by atoms with Gasteiger partial charge in [-0.25, -0.2) is 0 Å². The Hall–Kier alpha value is -2.03. The van der Waals surface area contributed by atoms with E-state index in [1.165, 1.54) is 6.08 Å². The highest BCUT2D eigenvalue weighted by Gasteiger charge is 2.26. The lowest BCUT2D eigenvalue weighted by molar-refractivity contribution is -0.123. The Balaban J connectivity index is 2.00. The third-order valence-corrected chi connectivity index (χ3v) is 5.74. The standard InChI is InChI=1S/C20H16Br2N2O3S/c1-2-27-17-9-11(7-14-18(25)23-20(28)24-19(14)26)8-16(22)13(17)10-12-5-3-4-6-15(12)21/h3-9H,2,10H2,1H3,(H2,23,24,25,26,28). The minimum Gasteiger partial charge on any atom is -0.494 e. The highest BCUT2D eigenvalue weighted by molar-refractivity contribution is 9.10. The van der Waals surface area contributed by atoms with Gasteiger partial charge in [0.05, 0.1) is 6.61 Å². The van der Waals surface area contributed by atoms with Crippen molar-refractivity contribution in [3.05, 3.63) is 67.6 Å². The first-order chi connectivity index (χ1) is 13.4. The number of carbonyl (C=O) groups excluding carboxylic acids is 2. The molecular formula is C20H16Br2N2O3S. The number of amides is 2. The number of thiocarbonyl (C=S) groups is 1. The van der Waals surface area contributed by atoms with E-state index in [1.807, 2.05) is 43.3 Å². The monoisotopic (exact) mass is 522 g/mol. The molecule has 0 aliphatic carbocycles. The molecule has 5 nitrogen and oxygen atoms in total. The van der Waals surface area contributed by atoms with Crippen LogP contribution in [0.2, 0.25) is 0 Å². The number of benzene rings is 2. The molecule has 2 aromatic carbocycles. The maximum atomic E-state index is 12.1. The van der Waals surface area contributed by atoms with Crippen molar-refractivity contribution < 1.29 is 14.3 Å². The summed E-state index contributed by atoms with van der Waals surface area (Å²) >= 11 is 12.0. The summed E-state index contributed by atoms with van der Waals surface area (Å²) in [5, 5.41) is 4.86. The van der Waals surface area contributed by atoms with Crippen LogP contribution in [0.25, 0.3) is 6.08 Å². The van der Waals surface area contributed by atoms with E-state index >= 15 is 0 Å². The summed E-state index contributed by atoms with van der Waals surface area (Å²) < 4.78 is 7.68. The van der Waals surface area contributed by atoms with Crippen molar-refractivity contribution in [3.63, 3.8) is 0 Å². The molecule has 2 aromatic rings. The summed E-state index contributed by atoms with van der Waals surface area (Å²) in [5.41, 5.74) is 2.75. The molecular weight excluding hydrogens is 508 g/mol. The average molecular weight is 524 g/mol. The van der Waals surface area contributed by atoms with Gasteiger partial charge in [0, 0.05) is 20.9 Å². The van der Waals surface area contributed by atoms with E-state index < -0.39 is 11.8 Å². The van der Waals surface area contributed by atoms with Crippen LogP contribution >= 0.6 is 44.1 Å². The molecule has 1 fully saturated rings. The van der Waals surface area contributed by atoms with Gasteiger partial charge in [0.1, 0.15) is 11.3 Å². The lowest BCUT2D eigenvalue weighted by Gasteiger charge is -2.17. The van der Waals surface area contributed by atoms with Crippen molar-refractivity contribution in [2.45, 2.75) is 13.3 Å². The number of carbonyl (C=O) groups is 2. The number of rotatable bonds is 5. The predicted molar refractivity (Wildman–Crippen MR) is 119 cm³/mol. The second kappa shape index (κ2) is 8.98. The molecule has 0 unspecified atom stereocenters. The smallest absolute Gasteiger partial charge is 0.263 e. The number of hydrogen-bond donors (Lipinski definition) is 2. The summed E-state index contributed by atoms with van der Waals surface area (Å²) in [6, 6.07) is 11.7. The van der Waals surface area contributed by atoms with Crippen LogP contribution in [0.1, 0.15) is 23.6 Å². The zero-order valence-electron chi connectivity index (χ0n) is 14.8. The van der Waals surface area contributed by atoms with Crippen LogP contribution in [0.4, 0.5) is 0 Å². The minimum absolute atomic E-state index is 0.00659. The van der Waals surface area contributed by atoms with Crippen LogP contribution < -0.4 is 15.4 Å². The molecule has 8 heteroatoms. The molecule has 0 radical (unpaired) electrons. The Morgan fingerprint density at radius 2 is 1.75 bits per heavy atom. The highest BCUT2D eigenvalue weighted by Crippen LogP contribution is 2.33. The van der Waals surface area contributed by atoms with Gasteiger partial charge in [-0.15, -0.1) is 0 Å². The second-order valence-electron chi connectivity index (χ2n) is 5.98. The predicted octanol–water partition coefficient (Wildman–Crippen LogP) is 4.12. The van der Waals surface area contributed by atoms with Crippen LogP contribution in [0, 0.1) is 0 Å². The van der Waals surface area contributed by atoms with E-state index in [9.17, 15) is 9.59 Å². The molecule has 3 rings (SSSR count). The molecule has 0 spiro atoms. The number of nitrogens with one attached hydrogen (secondary N) is 2. The second-order valence-corrected chi connectivity index (χ2v) is 8.09. The first-order valence-corrected chi connectivity index (χ1v) is 10.5. The fraction of sp³-hybridized carbons (Fsp3) is 0.150. The quantitative estimate of drug-likeness (QED) is 0.351. The van der Waals surface area contributed by atoms with Gasteiger partial charge in [-0.2, -0.15) is 0 Å². The summed E-state index contributed by atoms with van der Waals surface area (Å²) in [5.74, 6) is -0.369. The fourth-order valence-corrected chi connectivity index (χ4v) is 3.99. The molecule has 28 heavy (non-hydrogen) atoms. The van der Waals surface area contributed by atoms with Gasteiger partial charge in [0.15, 0.2) is 5.11 Å². The lowest BCUT2D eigenvalue weighted by Crippen LogP contribution is -2.51. The van der Waals surface area contributed by atoms with Gasteiger partial charge in [0.25, 0.3) is 11.8 Å². The molecule has 0 saturated carbocycles. The maximum absolute atomic E-state index is 12.1. The highest BCUT2D eigenvalue weighted by atomic mass is 79.9. The largest absolute Gasteiger partial charge is 0.494 e. The van der Waals surface area contributed by atoms with Crippen molar-refractivity contribution in [2.24, 2.45) is 0 Å². The third kappa shape index (κ3) is 4.68. The van der Waals surface area contributed by atoms with E-state index in [-0.39, 0.29) is 10.7 Å². The number of halogens is 2. The maximum Gasteiger partial charge on any atom is 0.263 e. The Labute approximate surface area is 184 Å². The van der Waals surface area contributed by atoms with Crippen LogP contribution in [0.3, 0.4) is 0 Å². The van der Waals surface area contributed by atoms with Gasteiger partial charge in [-0.3, -0.25) is 20.2 Å². The van der Waals surface area contributed by atoms with Crippen molar-refractivity contribution in [2.75, 3.05) is 6.61 Å². The Morgan fingerprint density at radius 1 is 1.07 bits per heavy atom. The van der Waals surface area contributed by atoms with Gasteiger partial charge in [-0.05, 0) is 54.5 Å². The Morgan fingerprint density at radius 3 is 2.39 bits per heavy atom. The molecule has 1 aliphatic heterocycles. The zero-order valence-corrected chi connectivity index (χ0v) is 18.8. The van der Waals surface area contributed by atoms with E-state index in [4.69, 9.17) is 17.0 Å². The van der Waals surface area contributed by atoms with Crippen LogP contribution in [0.5, 0.6) is 5.75 Å². The van der Waals surface area contributed by atoms with Crippen molar-refractivity contribution in [3.8, 4) is 5.75 Å². The van der Waals surface area contributed by atoms with E-state index in [0.29, 0.717) is 24.3 Å². The van der Waals surface area contributed by atoms with Gasteiger partial charge in [-0.1, -0.05) is 50.1 Å². The molecule has 1 aliphatic rings. The van der Waals surface area contributed by atoms with E-state index in [2.05, 4.69) is 42.5 Å². The van der Waals surface area contributed by atoms with Gasteiger partial charge >= 0.3 is 0 Å². The van der Waals surface area contributed by atoms with E-state index in [1.54, 1.807) is 0 Å². The van der Waals surface area contributed by atoms with Gasteiger partial charge < -0.3 is 4.74 Å². The first kappa shape index (κ1) is 20.7. The molecule has 1 heterocycles. The van der Waals surface area contributed by atoms with Crippen molar-refractivity contribution in [1.82, 2.24) is 10.6 Å². The van der Waals surface area contributed by atoms with E-state index in [0.717, 1.165) is 20.1 Å². The molecule has 2 amide bonds. The van der Waals surface area contributed by atoms with Crippen LogP contribution in [-0.4, -0.2) is 23.5 Å². The zero-order chi connectivity index (χ0) is 20.3. The molecule has 2 N–H and O–H groups in total.